The summed E-state index contributed by atoms with van der Waals surface area (Å²) >= 11 is 1.98. The van der Waals surface area contributed by atoms with Crippen molar-refractivity contribution in [1.29, 1.82) is 0 Å². The Labute approximate surface area is 170 Å². The molecule has 27 heavy (non-hydrogen) atoms. The van der Waals surface area contributed by atoms with E-state index in [9.17, 15) is 14.4 Å². The first kappa shape index (κ1) is 19.7. The molecule has 2 aliphatic rings. The second-order valence-electron chi connectivity index (χ2n) is 6.44. The Hall–Kier alpha value is -2.10. The van der Waals surface area contributed by atoms with Crippen molar-refractivity contribution in [1.82, 2.24) is 0 Å². The second-order valence-corrected chi connectivity index (χ2v) is 7.60. The average Bonchev–Trinajstić information content (AvgIpc) is 2.60. The van der Waals surface area contributed by atoms with E-state index in [0.717, 1.165) is 19.3 Å². The summed E-state index contributed by atoms with van der Waals surface area (Å²) in [6, 6.07) is 3.23. The van der Waals surface area contributed by atoms with E-state index in [4.69, 9.17) is 18.9 Å². The zero-order chi connectivity index (χ0) is 19.6. The molecule has 0 N–H and O–H groups in total. The number of rotatable bonds is 3. The molecule has 3 rings (SSSR count). The van der Waals surface area contributed by atoms with Gasteiger partial charge in [0.2, 0.25) is 0 Å². The lowest BCUT2D eigenvalue weighted by Crippen LogP contribution is -2.47. The van der Waals surface area contributed by atoms with Crippen LogP contribution in [-0.2, 0) is 23.9 Å². The molecule has 0 aromatic heterocycles. The number of ether oxygens (including phenoxy) is 4. The fourth-order valence-electron chi connectivity index (χ4n) is 3.20. The average molecular weight is 486 g/mol. The molecule has 144 valence electrons. The number of hydrogen-bond acceptors (Lipinski definition) is 7. The van der Waals surface area contributed by atoms with E-state index < -0.39 is 23.7 Å². The Morgan fingerprint density at radius 2 is 1.78 bits per heavy atom. The lowest BCUT2D eigenvalue weighted by molar-refractivity contribution is -0.244. The third-order valence-corrected chi connectivity index (χ3v) is 5.22. The van der Waals surface area contributed by atoms with Crippen LogP contribution in [-0.4, -0.2) is 30.8 Å². The predicted molar refractivity (Wildman–Crippen MR) is 103 cm³/mol. The van der Waals surface area contributed by atoms with Gasteiger partial charge in [-0.1, -0.05) is 6.42 Å². The van der Waals surface area contributed by atoms with Crippen LogP contribution >= 0.6 is 22.6 Å². The Bertz CT molecular complexity index is 800. The highest BCUT2D eigenvalue weighted by molar-refractivity contribution is 14.1. The minimum atomic E-state index is -1.12. The maximum Gasteiger partial charge on any atom is 0.348 e. The Kier molecular flexibility index (Phi) is 5.73. The van der Waals surface area contributed by atoms with E-state index in [1.165, 1.54) is 20.1 Å². The zero-order valence-corrected chi connectivity index (χ0v) is 17.2. The van der Waals surface area contributed by atoms with Gasteiger partial charge >= 0.3 is 17.9 Å². The van der Waals surface area contributed by atoms with Gasteiger partial charge in [-0.3, -0.25) is 4.79 Å². The first-order chi connectivity index (χ1) is 12.8. The molecule has 0 bridgehead atoms. The van der Waals surface area contributed by atoms with Crippen molar-refractivity contribution in [3.05, 3.63) is 26.8 Å². The van der Waals surface area contributed by atoms with Crippen LogP contribution in [0.1, 0.15) is 44.6 Å². The van der Waals surface area contributed by atoms with Crippen molar-refractivity contribution in [3.63, 3.8) is 0 Å². The largest absolute Gasteiger partial charge is 0.493 e. The summed E-state index contributed by atoms with van der Waals surface area (Å²) in [7, 11) is 1.44. The van der Waals surface area contributed by atoms with Crippen molar-refractivity contribution < 1.29 is 33.3 Å². The third kappa shape index (κ3) is 4.26. The molecule has 0 radical (unpaired) electrons. The summed E-state index contributed by atoms with van der Waals surface area (Å²) < 4.78 is 22.0. The summed E-state index contributed by atoms with van der Waals surface area (Å²) in [5.74, 6) is -2.38. The Morgan fingerprint density at radius 3 is 2.33 bits per heavy atom. The van der Waals surface area contributed by atoms with Gasteiger partial charge in [-0.2, -0.15) is 0 Å². The van der Waals surface area contributed by atoms with Crippen LogP contribution in [0.25, 0.3) is 6.08 Å². The van der Waals surface area contributed by atoms with Gasteiger partial charge in [0.1, 0.15) is 5.57 Å². The molecule has 1 aliphatic carbocycles. The van der Waals surface area contributed by atoms with Crippen LogP contribution in [0.5, 0.6) is 11.5 Å². The molecular formula is C19H19IO7. The summed E-state index contributed by atoms with van der Waals surface area (Å²) in [5, 5.41) is 0. The molecule has 1 spiro atoms. The summed E-state index contributed by atoms with van der Waals surface area (Å²) in [6.45, 7) is 1.29. The summed E-state index contributed by atoms with van der Waals surface area (Å²) in [4.78, 5) is 36.1. The number of carbonyl (C=O) groups is 3. The van der Waals surface area contributed by atoms with Crippen molar-refractivity contribution in [2.24, 2.45) is 0 Å². The first-order valence-corrected chi connectivity index (χ1v) is 9.66. The fraction of sp³-hybridized carbons (Fsp3) is 0.421. The van der Waals surface area contributed by atoms with Gasteiger partial charge in [0, 0.05) is 19.8 Å². The fourth-order valence-corrected chi connectivity index (χ4v) is 3.93. The van der Waals surface area contributed by atoms with E-state index >= 15 is 0 Å². The van der Waals surface area contributed by atoms with E-state index in [2.05, 4.69) is 0 Å². The molecule has 1 saturated heterocycles. The minimum absolute atomic E-state index is 0.177. The van der Waals surface area contributed by atoms with Crippen LogP contribution < -0.4 is 9.47 Å². The van der Waals surface area contributed by atoms with Gasteiger partial charge in [-0.25, -0.2) is 9.59 Å². The molecule has 1 aromatic rings. The van der Waals surface area contributed by atoms with Crippen molar-refractivity contribution >= 4 is 46.6 Å². The highest BCUT2D eigenvalue weighted by Gasteiger charge is 2.46. The van der Waals surface area contributed by atoms with Crippen molar-refractivity contribution in [3.8, 4) is 11.5 Å². The van der Waals surface area contributed by atoms with Crippen LogP contribution in [0, 0.1) is 3.57 Å². The Morgan fingerprint density at radius 1 is 1.15 bits per heavy atom. The highest BCUT2D eigenvalue weighted by atomic mass is 127. The maximum absolute atomic E-state index is 12.4. The molecule has 1 heterocycles. The predicted octanol–water partition coefficient (Wildman–Crippen LogP) is 3.37. The molecule has 1 aromatic carbocycles. The van der Waals surface area contributed by atoms with E-state index in [1.807, 2.05) is 22.6 Å². The number of esters is 3. The number of halogens is 1. The van der Waals surface area contributed by atoms with E-state index in [0.29, 0.717) is 27.7 Å². The van der Waals surface area contributed by atoms with Crippen LogP contribution in [0.15, 0.2) is 17.7 Å². The highest BCUT2D eigenvalue weighted by Crippen LogP contribution is 2.38. The smallest absolute Gasteiger partial charge is 0.348 e. The van der Waals surface area contributed by atoms with E-state index in [-0.39, 0.29) is 11.3 Å². The summed E-state index contributed by atoms with van der Waals surface area (Å²) in [5.41, 5.74) is 0.347. The lowest BCUT2D eigenvalue weighted by atomic mass is 9.93. The van der Waals surface area contributed by atoms with Crippen LogP contribution in [0.3, 0.4) is 0 Å². The van der Waals surface area contributed by atoms with Crippen molar-refractivity contribution in [2.45, 2.75) is 44.8 Å². The lowest BCUT2D eigenvalue weighted by Gasteiger charge is -2.38. The first-order valence-electron chi connectivity index (χ1n) is 8.58. The molecule has 8 heteroatoms. The second kappa shape index (κ2) is 7.87. The number of methoxy groups -OCH3 is 1. The van der Waals surface area contributed by atoms with Crippen LogP contribution in [0.4, 0.5) is 0 Å². The molecule has 1 saturated carbocycles. The van der Waals surface area contributed by atoms with Gasteiger partial charge in [-0.05, 0) is 59.2 Å². The van der Waals surface area contributed by atoms with Gasteiger partial charge in [-0.15, -0.1) is 0 Å². The Balaban J connectivity index is 1.90. The maximum atomic E-state index is 12.4. The molecule has 0 amide bonds. The van der Waals surface area contributed by atoms with Crippen molar-refractivity contribution in [2.75, 3.05) is 7.11 Å². The van der Waals surface area contributed by atoms with E-state index in [1.54, 1.807) is 12.1 Å². The van der Waals surface area contributed by atoms with Crippen LogP contribution in [0.2, 0.25) is 0 Å². The summed E-state index contributed by atoms with van der Waals surface area (Å²) in [6.07, 6.45) is 5.19. The van der Waals surface area contributed by atoms with Gasteiger partial charge < -0.3 is 18.9 Å². The quantitative estimate of drug-likeness (QED) is 0.213. The molecule has 0 unspecified atom stereocenters. The molecule has 0 atom stereocenters. The van der Waals surface area contributed by atoms with Gasteiger partial charge in [0.05, 0.1) is 10.7 Å². The van der Waals surface area contributed by atoms with Gasteiger partial charge in [0.25, 0.3) is 5.79 Å². The monoisotopic (exact) mass is 486 g/mol. The zero-order valence-electron chi connectivity index (χ0n) is 15.0. The molecule has 2 fully saturated rings. The third-order valence-electron chi connectivity index (χ3n) is 4.42. The normalized spacial score (nSPS) is 18.6. The minimum Gasteiger partial charge on any atom is -0.493 e. The topological polar surface area (TPSA) is 88.1 Å². The molecule has 7 nitrogen and oxygen atoms in total. The number of carbonyl (C=O) groups excluding carboxylic acids is 3. The number of hydrogen-bond donors (Lipinski definition) is 0. The van der Waals surface area contributed by atoms with Gasteiger partial charge in [0.15, 0.2) is 11.5 Å². The number of benzene rings is 1. The standard InChI is InChI=1S/C19H19IO7/c1-11(21)25-16-14(20)9-12(10-15(16)24-2)8-13-17(22)26-19(27-18(13)23)6-4-3-5-7-19/h8-10H,3-7H2,1-2H3. The SMILES string of the molecule is COc1cc(C=C2C(=O)OC3(CCCCC3)OC2=O)cc(I)c1OC(C)=O. The molecular weight excluding hydrogens is 467 g/mol. The molecule has 1 aliphatic heterocycles.